The molecule has 0 atom stereocenters. The molecule has 13 heavy (non-hydrogen) atoms. The number of carbonyl (C=O) groups is 1. The number of nitrogens with zero attached hydrogens (tertiary/aromatic N) is 4. The number of carbonyl (C=O) groups excluding carboxylic acids is 1. The van der Waals surface area contributed by atoms with Gasteiger partial charge in [0.25, 0.3) is 0 Å². The number of hydrogen-bond donors (Lipinski definition) is 1. The van der Waals surface area contributed by atoms with E-state index in [1.807, 2.05) is 0 Å². The van der Waals surface area contributed by atoms with E-state index in [4.69, 9.17) is 5.73 Å². The van der Waals surface area contributed by atoms with Gasteiger partial charge in [-0.3, -0.25) is 9.78 Å². The van der Waals surface area contributed by atoms with Gasteiger partial charge in [-0.05, 0) is 0 Å². The molecule has 2 N–H and O–H groups in total. The molecule has 0 bridgehead atoms. The van der Waals surface area contributed by atoms with Gasteiger partial charge in [0.1, 0.15) is 0 Å². The van der Waals surface area contributed by atoms with Gasteiger partial charge in [0, 0.05) is 12.4 Å². The van der Waals surface area contributed by atoms with E-state index in [9.17, 15) is 4.79 Å². The normalized spacial score (nSPS) is 10.5. The topological polar surface area (TPSA) is 86.2 Å². The number of primary amides is 1. The molecule has 1 amide bonds. The van der Waals surface area contributed by atoms with Crippen LogP contribution < -0.4 is 5.73 Å². The van der Waals surface area contributed by atoms with Gasteiger partial charge in [-0.2, -0.15) is 5.10 Å². The summed E-state index contributed by atoms with van der Waals surface area (Å²) in [6, 6.07) is 0. The first-order chi connectivity index (χ1) is 6.25. The Morgan fingerprint density at radius 1 is 1.62 bits per heavy atom. The third-order valence-electron chi connectivity index (χ3n) is 1.52. The summed E-state index contributed by atoms with van der Waals surface area (Å²) in [4.78, 5) is 18.5. The van der Waals surface area contributed by atoms with Gasteiger partial charge < -0.3 is 5.73 Å². The van der Waals surface area contributed by atoms with Crippen LogP contribution in [0.15, 0.2) is 18.6 Å². The Morgan fingerprint density at radius 2 is 2.46 bits per heavy atom. The maximum atomic E-state index is 10.6. The Balaban J connectivity index is 2.44. The van der Waals surface area contributed by atoms with Crippen LogP contribution in [-0.2, 0) is 11.2 Å². The average molecular weight is 177 g/mol. The lowest BCUT2D eigenvalue weighted by Crippen LogP contribution is -2.14. The van der Waals surface area contributed by atoms with E-state index >= 15 is 0 Å². The molecule has 0 aliphatic heterocycles. The fraction of sp³-hybridized carbons (Fsp3) is 0.143. The Kier molecular flexibility index (Phi) is 1.66. The summed E-state index contributed by atoms with van der Waals surface area (Å²) >= 11 is 0. The first kappa shape index (κ1) is 7.66. The van der Waals surface area contributed by atoms with Crippen molar-refractivity contribution in [1.29, 1.82) is 0 Å². The molecule has 0 aliphatic carbocycles. The van der Waals surface area contributed by atoms with E-state index in [-0.39, 0.29) is 6.42 Å². The van der Waals surface area contributed by atoms with E-state index in [1.165, 1.54) is 0 Å². The number of amides is 1. The standard InChI is InChI=1S/C7H7N5O/c8-5(13)3-6-10-7-4-9-1-2-12(7)11-6/h1-2,4H,3H2,(H2,8,13). The van der Waals surface area contributed by atoms with Crippen molar-refractivity contribution in [2.45, 2.75) is 6.42 Å². The molecule has 6 heteroatoms. The van der Waals surface area contributed by atoms with Crippen molar-refractivity contribution in [3.63, 3.8) is 0 Å². The van der Waals surface area contributed by atoms with Gasteiger partial charge in [0.15, 0.2) is 11.5 Å². The molecule has 2 aromatic rings. The molecule has 0 fully saturated rings. The summed E-state index contributed by atoms with van der Waals surface area (Å²) in [6.45, 7) is 0. The number of rotatable bonds is 2. The van der Waals surface area contributed by atoms with Crippen molar-refractivity contribution in [2.24, 2.45) is 5.73 Å². The Bertz CT molecular complexity index is 416. The number of hydrogen-bond acceptors (Lipinski definition) is 4. The minimum Gasteiger partial charge on any atom is -0.369 e. The monoisotopic (exact) mass is 177 g/mol. The van der Waals surface area contributed by atoms with Crippen LogP contribution in [-0.4, -0.2) is 25.5 Å². The minimum absolute atomic E-state index is 0.0572. The lowest BCUT2D eigenvalue weighted by atomic mass is 10.4. The zero-order chi connectivity index (χ0) is 9.26. The van der Waals surface area contributed by atoms with E-state index in [1.54, 1.807) is 23.1 Å². The van der Waals surface area contributed by atoms with Gasteiger partial charge in [-0.25, -0.2) is 9.50 Å². The van der Waals surface area contributed by atoms with Gasteiger partial charge in [-0.1, -0.05) is 0 Å². The third kappa shape index (κ3) is 1.46. The zero-order valence-corrected chi connectivity index (χ0v) is 6.71. The van der Waals surface area contributed by atoms with Crippen LogP contribution >= 0.6 is 0 Å². The highest BCUT2D eigenvalue weighted by Gasteiger charge is 2.05. The second kappa shape index (κ2) is 2.81. The molecule has 0 saturated heterocycles. The summed E-state index contributed by atoms with van der Waals surface area (Å²) in [5.41, 5.74) is 5.61. The number of fused-ring (bicyclic) bond motifs is 1. The fourth-order valence-corrected chi connectivity index (χ4v) is 1.02. The summed E-state index contributed by atoms with van der Waals surface area (Å²) < 4.78 is 1.55. The Hall–Kier alpha value is -1.98. The molecular weight excluding hydrogens is 170 g/mol. The first-order valence-electron chi connectivity index (χ1n) is 3.69. The molecule has 66 valence electrons. The molecule has 0 saturated carbocycles. The molecule has 2 aromatic heterocycles. The molecule has 0 aromatic carbocycles. The summed E-state index contributed by atoms with van der Waals surface area (Å²) in [6.07, 6.45) is 4.88. The Morgan fingerprint density at radius 3 is 3.15 bits per heavy atom. The van der Waals surface area contributed by atoms with Gasteiger partial charge in [0.05, 0.1) is 12.6 Å². The summed E-state index contributed by atoms with van der Waals surface area (Å²) in [7, 11) is 0. The van der Waals surface area contributed by atoms with Crippen molar-refractivity contribution in [1.82, 2.24) is 19.6 Å². The second-order valence-electron chi connectivity index (χ2n) is 2.55. The maximum Gasteiger partial charge on any atom is 0.225 e. The van der Waals surface area contributed by atoms with Crippen LogP contribution in [0.5, 0.6) is 0 Å². The smallest absolute Gasteiger partial charge is 0.225 e. The molecular formula is C7H7N5O. The highest BCUT2D eigenvalue weighted by atomic mass is 16.1. The van der Waals surface area contributed by atoms with Crippen molar-refractivity contribution < 1.29 is 4.79 Å². The second-order valence-corrected chi connectivity index (χ2v) is 2.55. The van der Waals surface area contributed by atoms with Crippen molar-refractivity contribution >= 4 is 11.6 Å². The number of aromatic nitrogens is 4. The highest BCUT2D eigenvalue weighted by Crippen LogP contribution is 1.98. The highest BCUT2D eigenvalue weighted by molar-refractivity contribution is 5.75. The predicted octanol–water partition coefficient (Wildman–Crippen LogP) is -0.848. The molecule has 6 nitrogen and oxygen atoms in total. The average Bonchev–Trinajstić information content (AvgIpc) is 2.44. The molecule has 0 radical (unpaired) electrons. The van der Waals surface area contributed by atoms with Crippen LogP contribution in [0.4, 0.5) is 0 Å². The van der Waals surface area contributed by atoms with Crippen molar-refractivity contribution in [3.8, 4) is 0 Å². The lowest BCUT2D eigenvalue weighted by molar-refractivity contribution is -0.117. The maximum absolute atomic E-state index is 10.6. The Labute approximate surface area is 73.4 Å². The molecule has 0 spiro atoms. The van der Waals surface area contributed by atoms with Crippen LogP contribution in [0.2, 0.25) is 0 Å². The molecule has 2 rings (SSSR count). The van der Waals surface area contributed by atoms with E-state index < -0.39 is 5.91 Å². The van der Waals surface area contributed by atoms with Crippen LogP contribution in [0.3, 0.4) is 0 Å². The fourth-order valence-electron chi connectivity index (χ4n) is 1.02. The first-order valence-corrected chi connectivity index (χ1v) is 3.69. The van der Waals surface area contributed by atoms with Gasteiger partial charge in [0.2, 0.25) is 5.91 Å². The van der Waals surface area contributed by atoms with Crippen LogP contribution in [0.25, 0.3) is 5.65 Å². The molecule has 0 aliphatic rings. The largest absolute Gasteiger partial charge is 0.369 e. The molecule has 2 heterocycles. The molecule has 0 unspecified atom stereocenters. The predicted molar refractivity (Wildman–Crippen MR) is 43.7 cm³/mol. The third-order valence-corrected chi connectivity index (χ3v) is 1.52. The lowest BCUT2D eigenvalue weighted by Gasteiger charge is -1.85. The number of nitrogens with two attached hydrogens (primary N) is 1. The van der Waals surface area contributed by atoms with E-state index in [0.29, 0.717) is 11.5 Å². The summed E-state index contributed by atoms with van der Waals surface area (Å²) in [5, 5.41) is 4.02. The quantitative estimate of drug-likeness (QED) is 0.647. The van der Waals surface area contributed by atoms with Gasteiger partial charge in [-0.15, -0.1) is 0 Å². The minimum atomic E-state index is -0.441. The summed E-state index contributed by atoms with van der Waals surface area (Å²) in [5.74, 6) is -0.0237. The van der Waals surface area contributed by atoms with Crippen molar-refractivity contribution in [3.05, 3.63) is 24.4 Å². The van der Waals surface area contributed by atoms with Crippen LogP contribution in [0, 0.1) is 0 Å². The van der Waals surface area contributed by atoms with Crippen molar-refractivity contribution in [2.75, 3.05) is 0 Å². The van der Waals surface area contributed by atoms with E-state index in [0.717, 1.165) is 0 Å². The SMILES string of the molecule is NC(=O)Cc1nc2cnccn2n1. The zero-order valence-electron chi connectivity index (χ0n) is 6.71. The van der Waals surface area contributed by atoms with Gasteiger partial charge >= 0.3 is 0 Å². The van der Waals surface area contributed by atoms with Crippen LogP contribution in [0.1, 0.15) is 5.82 Å². The van der Waals surface area contributed by atoms with E-state index in [2.05, 4.69) is 15.1 Å².